The van der Waals surface area contributed by atoms with Gasteiger partial charge < -0.3 is 9.47 Å². The fourth-order valence-corrected chi connectivity index (χ4v) is 1.74. The molecular weight excluding hydrogens is 248 g/mol. The number of nitrogens with zero attached hydrogens (tertiary/aromatic N) is 2. The first-order valence-electron chi connectivity index (χ1n) is 5.59. The number of rotatable bonds is 3. The minimum Gasteiger partial charge on any atom is -0.497 e. The molecule has 6 heteroatoms. The van der Waals surface area contributed by atoms with E-state index in [0.29, 0.717) is 17.2 Å². The number of ether oxygens (including phenoxy) is 2. The molecule has 0 saturated carbocycles. The second-order valence-corrected chi connectivity index (χ2v) is 3.90. The summed E-state index contributed by atoms with van der Waals surface area (Å²) in [4.78, 5) is 23.5. The molecule has 0 aliphatic rings. The van der Waals surface area contributed by atoms with Crippen LogP contribution in [0.3, 0.4) is 0 Å². The van der Waals surface area contributed by atoms with Crippen molar-refractivity contribution in [3.63, 3.8) is 0 Å². The highest BCUT2D eigenvalue weighted by molar-refractivity contribution is 5.51. The van der Waals surface area contributed by atoms with E-state index < -0.39 is 5.69 Å². The van der Waals surface area contributed by atoms with Crippen LogP contribution in [0.5, 0.6) is 11.5 Å². The van der Waals surface area contributed by atoms with E-state index in [-0.39, 0.29) is 5.56 Å². The molecule has 0 atom stereocenters. The lowest BCUT2D eigenvalue weighted by Gasteiger charge is -2.12. The molecule has 0 fully saturated rings. The average Bonchev–Trinajstić information content (AvgIpc) is 2.44. The third-order valence-electron chi connectivity index (χ3n) is 2.84. The molecule has 1 aromatic carbocycles. The summed E-state index contributed by atoms with van der Waals surface area (Å²) < 4.78 is 12.7. The molecular formula is C13H14N2O4. The van der Waals surface area contributed by atoms with E-state index in [2.05, 4.69) is 0 Å². The molecule has 0 N–H and O–H groups in total. The Balaban J connectivity index is 2.74. The van der Waals surface area contributed by atoms with Gasteiger partial charge in [0.05, 0.1) is 19.9 Å². The molecule has 0 saturated heterocycles. The topological polar surface area (TPSA) is 62.5 Å². The number of hydrogen-bond acceptors (Lipinski definition) is 4. The summed E-state index contributed by atoms with van der Waals surface area (Å²) in [6.45, 7) is 0. The van der Waals surface area contributed by atoms with Crippen molar-refractivity contribution in [1.29, 1.82) is 0 Å². The van der Waals surface area contributed by atoms with Crippen molar-refractivity contribution in [2.24, 2.45) is 7.05 Å². The van der Waals surface area contributed by atoms with E-state index in [1.165, 1.54) is 38.1 Å². The lowest BCUT2D eigenvalue weighted by Crippen LogP contribution is -2.36. The Morgan fingerprint density at radius 2 is 1.79 bits per heavy atom. The highest BCUT2D eigenvalue weighted by atomic mass is 16.5. The summed E-state index contributed by atoms with van der Waals surface area (Å²) in [7, 11) is 4.47. The van der Waals surface area contributed by atoms with Crippen molar-refractivity contribution in [3.05, 3.63) is 51.3 Å². The maximum atomic E-state index is 12.1. The van der Waals surface area contributed by atoms with E-state index in [0.717, 1.165) is 4.57 Å². The Hall–Kier alpha value is -2.50. The molecule has 2 aromatic rings. The molecule has 19 heavy (non-hydrogen) atoms. The van der Waals surface area contributed by atoms with Gasteiger partial charge in [0, 0.05) is 25.4 Å². The SMILES string of the molecule is COc1ccc(OC)c(-n2ccc(=O)n(C)c2=O)c1. The number of methoxy groups -OCH3 is 2. The van der Waals surface area contributed by atoms with E-state index in [1.54, 1.807) is 18.2 Å². The zero-order chi connectivity index (χ0) is 14.0. The zero-order valence-electron chi connectivity index (χ0n) is 10.9. The molecule has 0 bridgehead atoms. The van der Waals surface area contributed by atoms with Crippen LogP contribution in [0, 0.1) is 0 Å². The fourth-order valence-electron chi connectivity index (χ4n) is 1.74. The van der Waals surface area contributed by atoms with E-state index in [1.807, 2.05) is 0 Å². The van der Waals surface area contributed by atoms with Gasteiger partial charge in [0.15, 0.2) is 0 Å². The van der Waals surface area contributed by atoms with Crippen molar-refractivity contribution in [2.45, 2.75) is 0 Å². The summed E-state index contributed by atoms with van der Waals surface area (Å²) in [6, 6.07) is 6.42. The van der Waals surface area contributed by atoms with Gasteiger partial charge >= 0.3 is 5.69 Å². The third-order valence-corrected chi connectivity index (χ3v) is 2.84. The quantitative estimate of drug-likeness (QED) is 0.810. The number of benzene rings is 1. The first-order chi connectivity index (χ1) is 9.08. The maximum Gasteiger partial charge on any atom is 0.335 e. The molecule has 1 heterocycles. The predicted octanol–water partition coefficient (Wildman–Crippen LogP) is 0.553. The summed E-state index contributed by atoms with van der Waals surface area (Å²) >= 11 is 0. The van der Waals surface area contributed by atoms with Crippen LogP contribution in [0.4, 0.5) is 0 Å². The lowest BCUT2D eigenvalue weighted by atomic mass is 10.2. The summed E-state index contributed by atoms with van der Waals surface area (Å²) in [5.74, 6) is 1.11. The molecule has 0 radical (unpaired) electrons. The van der Waals surface area contributed by atoms with E-state index in [9.17, 15) is 9.59 Å². The van der Waals surface area contributed by atoms with Crippen LogP contribution in [0.1, 0.15) is 0 Å². The Morgan fingerprint density at radius 3 is 2.42 bits per heavy atom. The third kappa shape index (κ3) is 2.24. The van der Waals surface area contributed by atoms with Gasteiger partial charge in [-0.15, -0.1) is 0 Å². The van der Waals surface area contributed by atoms with Gasteiger partial charge in [0.25, 0.3) is 5.56 Å². The van der Waals surface area contributed by atoms with Crippen LogP contribution in [0.15, 0.2) is 40.1 Å². The molecule has 1 aromatic heterocycles. The Morgan fingerprint density at radius 1 is 1.05 bits per heavy atom. The molecule has 2 rings (SSSR count). The second kappa shape index (κ2) is 5.01. The van der Waals surface area contributed by atoms with Crippen LogP contribution in [0.2, 0.25) is 0 Å². The largest absolute Gasteiger partial charge is 0.497 e. The van der Waals surface area contributed by atoms with Crippen LogP contribution in [0.25, 0.3) is 5.69 Å². The van der Waals surface area contributed by atoms with Crippen LogP contribution in [-0.4, -0.2) is 23.4 Å². The predicted molar refractivity (Wildman–Crippen MR) is 70.4 cm³/mol. The molecule has 0 amide bonds. The number of aromatic nitrogens is 2. The van der Waals surface area contributed by atoms with Crippen molar-refractivity contribution in [2.75, 3.05) is 14.2 Å². The molecule has 100 valence electrons. The van der Waals surface area contributed by atoms with Gasteiger partial charge in [0.1, 0.15) is 11.5 Å². The molecule has 0 spiro atoms. The number of hydrogen-bond donors (Lipinski definition) is 0. The summed E-state index contributed by atoms with van der Waals surface area (Å²) in [5.41, 5.74) is -0.287. The van der Waals surface area contributed by atoms with E-state index >= 15 is 0 Å². The normalized spacial score (nSPS) is 10.3. The Bertz CT molecular complexity index is 715. The Kier molecular flexibility index (Phi) is 3.41. The molecule has 6 nitrogen and oxygen atoms in total. The van der Waals surface area contributed by atoms with Crippen molar-refractivity contribution >= 4 is 0 Å². The highest BCUT2D eigenvalue weighted by Gasteiger charge is 2.10. The fraction of sp³-hybridized carbons (Fsp3) is 0.231. The van der Waals surface area contributed by atoms with Crippen molar-refractivity contribution in [1.82, 2.24) is 9.13 Å². The minimum atomic E-state index is -0.445. The van der Waals surface area contributed by atoms with Gasteiger partial charge in [-0.25, -0.2) is 4.79 Å². The molecule has 0 aliphatic heterocycles. The summed E-state index contributed by atoms with van der Waals surface area (Å²) in [5, 5.41) is 0. The van der Waals surface area contributed by atoms with Crippen molar-refractivity contribution in [3.8, 4) is 17.2 Å². The minimum absolute atomic E-state index is 0.358. The van der Waals surface area contributed by atoms with Crippen LogP contribution in [-0.2, 0) is 7.05 Å². The molecule has 0 aliphatic carbocycles. The molecule has 0 unspecified atom stereocenters. The van der Waals surface area contributed by atoms with Gasteiger partial charge in [-0.3, -0.25) is 13.9 Å². The standard InChI is InChI=1S/C13H14N2O4/c1-14-12(16)6-7-15(13(14)17)10-8-9(18-2)4-5-11(10)19-3/h4-8H,1-3H3. The van der Waals surface area contributed by atoms with Gasteiger partial charge in [-0.1, -0.05) is 0 Å². The Labute approximate surface area is 109 Å². The zero-order valence-corrected chi connectivity index (χ0v) is 10.9. The smallest absolute Gasteiger partial charge is 0.335 e. The van der Waals surface area contributed by atoms with Gasteiger partial charge in [-0.2, -0.15) is 0 Å². The van der Waals surface area contributed by atoms with E-state index in [4.69, 9.17) is 9.47 Å². The monoisotopic (exact) mass is 262 g/mol. The first-order valence-corrected chi connectivity index (χ1v) is 5.59. The van der Waals surface area contributed by atoms with Crippen LogP contribution >= 0.6 is 0 Å². The lowest BCUT2D eigenvalue weighted by molar-refractivity contribution is 0.401. The van der Waals surface area contributed by atoms with Gasteiger partial charge in [0.2, 0.25) is 0 Å². The van der Waals surface area contributed by atoms with Crippen molar-refractivity contribution < 1.29 is 9.47 Å². The van der Waals surface area contributed by atoms with Gasteiger partial charge in [-0.05, 0) is 12.1 Å². The summed E-state index contributed by atoms with van der Waals surface area (Å²) in [6.07, 6.45) is 1.42. The average molecular weight is 262 g/mol. The second-order valence-electron chi connectivity index (χ2n) is 3.90. The van der Waals surface area contributed by atoms with Crippen LogP contribution < -0.4 is 20.7 Å². The maximum absolute atomic E-state index is 12.1. The first kappa shape index (κ1) is 12.9. The highest BCUT2D eigenvalue weighted by Crippen LogP contribution is 2.26.